The summed E-state index contributed by atoms with van der Waals surface area (Å²) >= 11 is 6.99. The Bertz CT molecular complexity index is 1260. The van der Waals surface area contributed by atoms with Gasteiger partial charge in [0.25, 0.3) is 5.91 Å². The average Bonchev–Trinajstić information content (AvgIpc) is 3.54. The summed E-state index contributed by atoms with van der Waals surface area (Å²) in [6.07, 6.45) is 11.2. The molecule has 1 aromatic heterocycles. The zero-order chi connectivity index (χ0) is 23.7. The maximum Gasteiger partial charge on any atom is 0.266 e. The van der Waals surface area contributed by atoms with E-state index >= 15 is 0 Å². The van der Waals surface area contributed by atoms with Gasteiger partial charge in [0, 0.05) is 30.2 Å². The SMILES string of the molecule is CCc1cccc2c(/C=C3\SC(=S)N(CCC4CCCC4)C3=O)cn(Cc3ccc(F)cc3)c12. The number of thioether (sulfide) groups is 1. The van der Waals surface area contributed by atoms with Crippen LogP contribution in [0.1, 0.15) is 55.7 Å². The smallest absolute Gasteiger partial charge is 0.266 e. The van der Waals surface area contributed by atoms with Crippen molar-refractivity contribution in [2.45, 2.75) is 52.0 Å². The molecule has 0 spiro atoms. The Labute approximate surface area is 210 Å². The van der Waals surface area contributed by atoms with Gasteiger partial charge in [0.1, 0.15) is 10.1 Å². The summed E-state index contributed by atoms with van der Waals surface area (Å²) in [7, 11) is 0. The molecule has 6 heteroatoms. The third-order valence-corrected chi connectivity index (χ3v) is 8.43. The minimum absolute atomic E-state index is 0.0269. The fraction of sp³-hybridized carbons (Fsp3) is 0.357. The minimum Gasteiger partial charge on any atom is -0.342 e. The summed E-state index contributed by atoms with van der Waals surface area (Å²) in [5, 5.41) is 1.12. The average molecular weight is 493 g/mol. The summed E-state index contributed by atoms with van der Waals surface area (Å²) in [6, 6.07) is 13.0. The molecule has 1 amide bonds. The third-order valence-electron chi connectivity index (χ3n) is 7.06. The van der Waals surface area contributed by atoms with E-state index in [4.69, 9.17) is 12.2 Å². The molecule has 0 bridgehead atoms. The number of halogens is 1. The van der Waals surface area contributed by atoms with Gasteiger partial charge in [-0.3, -0.25) is 9.69 Å². The number of fused-ring (bicyclic) bond motifs is 1. The van der Waals surface area contributed by atoms with E-state index in [1.54, 1.807) is 4.90 Å². The molecule has 2 fully saturated rings. The zero-order valence-corrected chi connectivity index (χ0v) is 21.1. The highest BCUT2D eigenvalue weighted by molar-refractivity contribution is 8.26. The molecule has 2 heterocycles. The van der Waals surface area contributed by atoms with Crippen molar-refractivity contribution in [1.82, 2.24) is 9.47 Å². The molecule has 1 saturated carbocycles. The van der Waals surface area contributed by atoms with Crippen molar-refractivity contribution in [3.8, 4) is 0 Å². The van der Waals surface area contributed by atoms with Crippen LogP contribution in [0.15, 0.2) is 53.6 Å². The van der Waals surface area contributed by atoms with E-state index in [-0.39, 0.29) is 11.7 Å². The van der Waals surface area contributed by atoms with E-state index in [0.29, 0.717) is 15.8 Å². The van der Waals surface area contributed by atoms with Crippen LogP contribution < -0.4 is 0 Å². The molecule has 34 heavy (non-hydrogen) atoms. The lowest BCUT2D eigenvalue weighted by molar-refractivity contribution is -0.122. The second kappa shape index (κ2) is 10.0. The summed E-state index contributed by atoms with van der Waals surface area (Å²) in [5.41, 5.74) is 4.47. The van der Waals surface area contributed by atoms with Crippen LogP contribution in [-0.4, -0.2) is 26.2 Å². The highest BCUT2D eigenvalue weighted by atomic mass is 32.2. The van der Waals surface area contributed by atoms with Gasteiger partial charge < -0.3 is 4.57 Å². The lowest BCUT2D eigenvalue weighted by atomic mass is 10.0. The number of hydrogen-bond donors (Lipinski definition) is 0. The van der Waals surface area contributed by atoms with Gasteiger partial charge in [-0.2, -0.15) is 0 Å². The van der Waals surface area contributed by atoms with E-state index in [2.05, 4.69) is 35.9 Å². The molecule has 0 atom stereocenters. The third kappa shape index (κ3) is 4.71. The van der Waals surface area contributed by atoms with E-state index in [9.17, 15) is 9.18 Å². The van der Waals surface area contributed by atoms with Gasteiger partial charge >= 0.3 is 0 Å². The van der Waals surface area contributed by atoms with Crippen LogP contribution >= 0.6 is 24.0 Å². The standard InChI is InChI=1S/C28H29FN2OS2/c1-2-21-8-5-9-24-22(18-30(26(21)24)17-20-10-12-23(29)13-11-20)16-25-27(32)31(28(33)34-25)15-14-19-6-3-4-7-19/h5,8-13,16,18-19H,2-4,6-7,14-15,17H2,1H3/b25-16-. The molecule has 3 aromatic rings. The van der Waals surface area contributed by atoms with Crippen LogP contribution in [0.4, 0.5) is 4.39 Å². The molecule has 5 rings (SSSR count). The van der Waals surface area contributed by atoms with E-state index in [0.717, 1.165) is 47.3 Å². The van der Waals surface area contributed by atoms with Crippen molar-refractivity contribution >= 4 is 51.2 Å². The zero-order valence-electron chi connectivity index (χ0n) is 19.4. The quantitative estimate of drug-likeness (QED) is 0.258. The highest BCUT2D eigenvalue weighted by Gasteiger charge is 2.32. The monoisotopic (exact) mass is 492 g/mol. The largest absolute Gasteiger partial charge is 0.342 e. The van der Waals surface area contributed by atoms with Gasteiger partial charge in [0.2, 0.25) is 0 Å². The molecule has 0 radical (unpaired) electrons. The summed E-state index contributed by atoms with van der Waals surface area (Å²) in [4.78, 5) is 15.7. The van der Waals surface area contributed by atoms with E-state index < -0.39 is 0 Å². The Morgan fingerprint density at radius 1 is 1.15 bits per heavy atom. The first kappa shape index (κ1) is 23.3. The molecule has 3 nitrogen and oxygen atoms in total. The summed E-state index contributed by atoms with van der Waals surface area (Å²) < 4.78 is 16.3. The van der Waals surface area contributed by atoms with Crippen molar-refractivity contribution in [2.24, 2.45) is 5.92 Å². The molecular formula is C28H29FN2OS2. The molecule has 1 aliphatic heterocycles. The van der Waals surface area contributed by atoms with Crippen molar-refractivity contribution in [1.29, 1.82) is 0 Å². The van der Waals surface area contributed by atoms with Gasteiger partial charge in [0.05, 0.1) is 10.4 Å². The summed E-state index contributed by atoms with van der Waals surface area (Å²) in [5.74, 6) is 0.524. The van der Waals surface area contributed by atoms with Gasteiger partial charge in [-0.05, 0) is 48.1 Å². The van der Waals surface area contributed by atoms with E-state index in [1.165, 1.54) is 55.1 Å². The number of aryl methyl sites for hydroxylation is 1. The number of carbonyl (C=O) groups is 1. The van der Waals surface area contributed by atoms with Crippen molar-refractivity contribution in [3.63, 3.8) is 0 Å². The second-order valence-corrected chi connectivity index (χ2v) is 11.0. The van der Waals surface area contributed by atoms with Gasteiger partial charge in [0.15, 0.2) is 0 Å². The van der Waals surface area contributed by atoms with Crippen LogP contribution in [0, 0.1) is 11.7 Å². The molecule has 1 aliphatic carbocycles. The Morgan fingerprint density at radius 3 is 2.65 bits per heavy atom. The normalized spacial score (nSPS) is 18.2. The summed E-state index contributed by atoms with van der Waals surface area (Å²) in [6.45, 7) is 3.52. The Morgan fingerprint density at radius 2 is 1.91 bits per heavy atom. The lowest BCUT2D eigenvalue weighted by Crippen LogP contribution is -2.30. The predicted octanol–water partition coefficient (Wildman–Crippen LogP) is 7.17. The van der Waals surface area contributed by atoms with Crippen molar-refractivity contribution in [2.75, 3.05) is 6.54 Å². The number of amides is 1. The first-order valence-electron chi connectivity index (χ1n) is 12.1. The highest BCUT2D eigenvalue weighted by Crippen LogP contribution is 2.36. The number of aromatic nitrogens is 1. The van der Waals surface area contributed by atoms with Gasteiger partial charge in [-0.15, -0.1) is 0 Å². The van der Waals surface area contributed by atoms with Crippen LogP contribution in [0.25, 0.3) is 17.0 Å². The first-order chi connectivity index (χ1) is 16.5. The van der Waals surface area contributed by atoms with Crippen LogP contribution in [0.5, 0.6) is 0 Å². The molecule has 0 unspecified atom stereocenters. The fourth-order valence-corrected chi connectivity index (χ4v) is 6.52. The molecule has 0 N–H and O–H groups in total. The number of thiocarbonyl (C=S) groups is 1. The maximum atomic E-state index is 13.4. The first-order valence-corrected chi connectivity index (χ1v) is 13.4. The molecule has 2 aromatic carbocycles. The lowest BCUT2D eigenvalue weighted by Gasteiger charge is -2.17. The van der Waals surface area contributed by atoms with Crippen LogP contribution in [0.3, 0.4) is 0 Å². The number of hydrogen-bond acceptors (Lipinski definition) is 3. The topological polar surface area (TPSA) is 25.2 Å². The Kier molecular flexibility index (Phi) is 6.89. The minimum atomic E-state index is -0.231. The van der Waals surface area contributed by atoms with Gasteiger partial charge in [-0.1, -0.05) is 86.9 Å². The number of nitrogens with zero attached hydrogens (tertiary/aromatic N) is 2. The van der Waals surface area contributed by atoms with Crippen LogP contribution in [0.2, 0.25) is 0 Å². The van der Waals surface area contributed by atoms with Crippen LogP contribution in [-0.2, 0) is 17.8 Å². The second-order valence-electron chi connectivity index (χ2n) is 9.28. The van der Waals surface area contributed by atoms with Gasteiger partial charge in [-0.25, -0.2) is 4.39 Å². The Hall–Kier alpha value is -2.44. The number of carbonyl (C=O) groups excluding carboxylic acids is 1. The predicted molar refractivity (Wildman–Crippen MR) is 143 cm³/mol. The fourth-order valence-electron chi connectivity index (χ4n) is 5.22. The maximum absolute atomic E-state index is 13.4. The number of para-hydroxylation sites is 1. The Balaban J connectivity index is 1.45. The number of rotatable bonds is 7. The molecule has 1 saturated heterocycles. The molecule has 176 valence electrons. The molecular weight excluding hydrogens is 463 g/mol. The number of benzene rings is 2. The van der Waals surface area contributed by atoms with Crippen molar-refractivity contribution < 1.29 is 9.18 Å². The van der Waals surface area contributed by atoms with E-state index in [1.807, 2.05) is 18.2 Å². The molecule has 2 aliphatic rings. The van der Waals surface area contributed by atoms with Crippen molar-refractivity contribution in [3.05, 3.63) is 76.1 Å².